The molecule has 2 aliphatic rings. The van der Waals surface area contributed by atoms with Gasteiger partial charge in [-0.25, -0.2) is 0 Å². The van der Waals surface area contributed by atoms with E-state index in [1.165, 1.54) is 5.56 Å². The third-order valence-electron chi connectivity index (χ3n) is 6.15. The molecule has 2 fully saturated rings. The third-order valence-corrected chi connectivity index (χ3v) is 6.15. The monoisotopic (exact) mass is 364 g/mol. The van der Waals surface area contributed by atoms with E-state index in [2.05, 4.69) is 53.2 Å². The molecule has 0 spiro atoms. The highest BCUT2D eigenvalue weighted by atomic mass is 16.5. The predicted molar refractivity (Wildman–Crippen MR) is 107 cm³/mol. The number of aryl methyl sites for hydroxylation is 1. The molecule has 2 heterocycles. The normalized spacial score (nSPS) is 24.8. The van der Waals surface area contributed by atoms with Crippen molar-refractivity contribution in [1.82, 2.24) is 9.80 Å². The van der Waals surface area contributed by atoms with Gasteiger partial charge in [-0.05, 0) is 42.6 Å². The van der Waals surface area contributed by atoms with Gasteiger partial charge < -0.3 is 9.64 Å². The van der Waals surface area contributed by atoms with Crippen LogP contribution in [-0.2, 0) is 11.2 Å². The number of rotatable bonds is 5. The lowest BCUT2D eigenvalue weighted by molar-refractivity contribution is -0.130. The van der Waals surface area contributed by atoms with Crippen LogP contribution in [0, 0.1) is 11.8 Å². The van der Waals surface area contributed by atoms with Crippen molar-refractivity contribution >= 4 is 5.91 Å². The second-order valence-electron chi connectivity index (χ2n) is 7.87. The summed E-state index contributed by atoms with van der Waals surface area (Å²) in [7, 11) is 3.89. The van der Waals surface area contributed by atoms with E-state index in [0.717, 1.165) is 37.4 Å². The molecule has 142 valence electrons. The first-order chi connectivity index (χ1) is 13.2. The molecule has 27 heavy (non-hydrogen) atoms. The molecule has 1 amide bonds. The number of carbonyl (C=O) groups excluding carboxylic acids is 1. The van der Waals surface area contributed by atoms with E-state index < -0.39 is 0 Å². The molecule has 4 nitrogen and oxygen atoms in total. The number of hydrogen-bond acceptors (Lipinski definition) is 3. The van der Waals surface area contributed by atoms with Gasteiger partial charge in [-0.15, -0.1) is 0 Å². The Bertz CT molecular complexity index is 792. The molecule has 0 unspecified atom stereocenters. The maximum atomic E-state index is 12.8. The van der Waals surface area contributed by atoms with Gasteiger partial charge in [-0.2, -0.15) is 0 Å². The van der Waals surface area contributed by atoms with E-state index in [0.29, 0.717) is 24.3 Å². The van der Waals surface area contributed by atoms with Crippen LogP contribution >= 0.6 is 0 Å². The molecule has 0 saturated carbocycles. The minimum atomic E-state index is 0.279. The fourth-order valence-corrected chi connectivity index (χ4v) is 4.85. The summed E-state index contributed by atoms with van der Waals surface area (Å²) in [6.07, 6.45) is 1.34. The van der Waals surface area contributed by atoms with Gasteiger partial charge in [0.2, 0.25) is 5.91 Å². The minimum Gasteiger partial charge on any atom is -0.497 e. The van der Waals surface area contributed by atoms with Gasteiger partial charge in [0.05, 0.1) is 7.11 Å². The summed E-state index contributed by atoms with van der Waals surface area (Å²) in [5.41, 5.74) is 2.53. The molecule has 0 bridgehead atoms. The summed E-state index contributed by atoms with van der Waals surface area (Å²) in [5, 5.41) is 0. The van der Waals surface area contributed by atoms with Crippen LogP contribution in [0.1, 0.15) is 23.6 Å². The first kappa shape index (κ1) is 18.1. The van der Waals surface area contributed by atoms with Crippen LogP contribution in [-0.4, -0.2) is 49.5 Å². The van der Waals surface area contributed by atoms with E-state index in [1.807, 2.05) is 18.2 Å². The lowest BCUT2D eigenvalue weighted by Gasteiger charge is -2.27. The zero-order valence-corrected chi connectivity index (χ0v) is 16.2. The Kier molecular flexibility index (Phi) is 5.17. The van der Waals surface area contributed by atoms with Gasteiger partial charge in [-0.3, -0.25) is 9.69 Å². The molecule has 2 aromatic rings. The largest absolute Gasteiger partial charge is 0.497 e. The Labute approximate surface area is 161 Å². The molecule has 3 atom stereocenters. The van der Waals surface area contributed by atoms with Crippen molar-refractivity contribution in [3.8, 4) is 5.75 Å². The number of amides is 1. The average Bonchev–Trinajstić information content (AvgIpc) is 3.23. The van der Waals surface area contributed by atoms with Crippen molar-refractivity contribution in [3.63, 3.8) is 0 Å². The van der Waals surface area contributed by atoms with Crippen molar-refractivity contribution in [1.29, 1.82) is 0 Å². The lowest BCUT2D eigenvalue weighted by atomic mass is 9.90. The standard InChI is InChI=1S/C23H28N2O2/c1-24-14-19-15-25(16-21(19)23(24)18-8-4-3-5-9-18)22(26)12-11-17-7-6-10-20(13-17)27-2/h3-10,13,19,21,23H,11-12,14-16H2,1-2H3/t19-,21+,23-/m0/s1. The highest BCUT2D eigenvalue weighted by Crippen LogP contribution is 2.44. The molecule has 4 heteroatoms. The van der Waals surface area contributed by atoms with E-state index >= 15 is 0 Å². The fraction of sp³-hybridized carbons (Fsp3) is 0.435. The molecule has 2 saturated heterocycles. The van der Waals surface area contributed by atoms with Crippen LogP contribution in [0.4, 0.5) is 0 Å². The van der Waals surface area contributed by atoms with Crippen molar-refractivity contribution in [3.05, 3.63) is 65.7 Å². The number of hydrogen-bond donors (Lipinski definition) is 0. The Balaban J connectivity index is 1.38. The SMILES string of the molecule is COc1cccc(CCC(=O)N2C[C@@H]3CN(C)[C@@H](c4ccccc4)[C@@H]3C2)c1. The second kappa shape index (κ2) is 7.73. The van der Waals surface area contributed by atoms with Crippen LogP contribution in [0.15, 0.2) is 54.6 Å². The van der Waals surface area contributed by atoms with Gasteiger partial charge in [0.15, 0.2) is 0 Å². The number of nitrogens with zero attached hydrogens (tertiary/aromatic N) is 2. The predicted octanol–water partition coefficient (Wildman–Crippen LogP) is 3.39. The zero-order chi connectivity index (χ0) is 18.8. The summed E-state index contributed by atoms with van der Waals surface area (Å²) < 4.78 is 5.28. The Morgan fingerprint density at radius 3 is 2.67 bits per heavy atom. The summed E-state index contributed by atoms with van der Waals surface area (Å²) in [4.78, 5) is 17.4. The second-order valence-corrected chi connectivity index (χ2v) is 7.87. The third kappa shape index (κ3) is 3.72. The van der Waals surface area contributed by atoms with Gasteiger partial charge in [0, 0.05) is 38.0 Å². The Morgan fingerprint density at radius 2 is 1.89 bits per heavy atom. The van der Waals surface area contributed by atoms with Crippen LogP contribution in [0.2, 0.25) is 0 Å². The van der Waals surface area contributed by atoms with Gasteiger partial charge in [0.1, 0.15) is 5.75 Å². The maximum Gasteiger partial charge on any atom is 0.222 e. The average molecular weight is 364 g/mol. The molecular weight excluding hydrogens is 336 g/mol. The number of fused-ring (bicyclic) bond motifs is 1. The molecule has 0 radical (unpaired) electrons. The number of ether oxygens (including phenoxy) is 1. The summed E-state index contributed by atoms with van der Waals surface area (Å²) in [6, 6.07) is 19.2. The van der Waals surface area contributed by atoms with E-state index in [1.54, 1.807) is 7.11 Å². The van der Waals surface area contributed by atoms with E-state index in [9.17, 15) is 4.79 Å². The van der Waals surface area contributed by atoms with Gasteiger partial charge in [-0.1, -0.05) is 42.5 Å². The van der Waals surface area contributed by atoms with Crippen molar-refractivity contribution < 1.29 is 9.53 Å². The molecule has 2 aromatic carbocycles. The van der Waals surface area contributed by atoms with Crippen molar-refractivity contribution in [2.75, 3.05) is 33.8 Å². The van der Waals surface area contributed by atoms with Crippen molar-refractivity contribution in [2.24, 2.45) is 11.8 Å². The summed E-state index contributed by atoms with van der Waals surface area (Å²) >= 11 is 0. The van der Waals surface area contributed by atoms with Crippen LogP contribution in [0.25, 0.3) is 0 Å². The van der Waals surface area contributed by atoms with E-state index in [-0.39, 0.29) is 5.91 Å². The lowest BCUT2D eigenvalue weighted by Crippen LogP contribution is -2.33. The minimum absolute atomic E-state index is 0.279. The summed E-state index contributed by atoms with van der Waals surface area (Å²) in [5.74, 6) is 2.25. The van der Waals surface area contributed by atoms with Crippen LogP contribution < -0.4 is 4.74 Å². The fourth-order valence-electron chi connectivity index (χ4n) is 4.85. The highest BCUT2D eigenvalue weighted by molar-refractivity contribution is 5.77. The van der Waals surface area contributed by atoms with Gasteiger partial charge >= 0.3 is 0 Å². The molecule has 4 rings (SSSR count). The molecule has 0 aliphatic carbocycles. The Morgan fingerprint density at radius 1 is 1.07 bits per heavy atom. The smallest absolute Gasteiger partial charge is 0.222 e. The topological polar surface area (TPSA) is 32.8 Å². The molecule has 0 aromatic heterocycles. The summed E-state index contributed by atoms with van der Waals surface area (Å²) in [6.45, 7) is 2.85. The van der Waals surface area contributed by atoms with Crippen LogP contribution in [0.5, 0.6) is 5.75 Å². The molecular formula is C23H28N2O2. The van der Waals surface area contributed by atoms with Crippen molar-refractivity contribution in [2.45, 2.75) is 18.9 Å². The van der Waals surface area contributed by atoms with Crippen LogP contribution in [0.3, 0.4) is 0 Å². The molecule has 0 N–H and O–H groups in total. The maximum absolute atomic E-state index is 12.8. The Hall–Kier alpha value is -2.33. The first-order valence-electron chi connectivity index (χ1n) is 9.81. The van der Waals surface area contributed by atoms with Gasteiger partial charge in [0.25, 0.3) is 0 Å². The number of carbonyl (C=O) groups is 1. The first-order valence-corrected chi connectivity index (χ1v) is 9.81. The quantitative estimate of drug-likeness (QED) is 0.815. The number of likely N-dealkylation sites (tertiary alicyclic amines) is 2. The zero-order valence-electron chi connectivity index (χ0n) is 16.2. The van der Waals surface area contributed by atoms with E-state index in [4.69, 9.17) is 4.74 Å². The number of benzene rings is 2. The highest BCUT2D eigenvalue weighted by Gasteiger charge is 2.46. The molecule has 2 aliphatic heterocycles. The number of methoxy groups -OCH3 is 1.